The lowest BCUT2D eigenvalue weighted by Gasteiger charge is -2.24. The van der Waals surface area contributed by atoms with Gasteiger partial charge in [-0.3, -0.25) is 19.2 Å². The second kappa shape index (κ2) is 16.2. The second-order valence-corrected chi connectivity index (χ2v) is 12.8. The number of halogens is 3. The van der Waals surface area contributed by atoms with E-state index in [1.54, 1.807) is 6.92 Å². The summed E-state index contributed by atoms with van der Waals surface area (Å²) in [7, 11) is 3.76. The number of ketones is 1. The van der Waals surface area contributed by atoms with Crippen LogP contribution in [0, 0.1) is 5.92 Å². The number of alkyl halides is 3. The van der Waals surface area contributed by atoms with Gasteiger partial charge < -0.3 is 16.0 Å². The van der Waals surface area contributed by atoms with Gasteiger partial charge in [-0.2, -0.15) is 13.2 Å². The highest BCUT2D eigenvalue weighted by Gasteiger charge is 2.33. The summed E-state index contributed by atoms with van der Waals surface area (Å²) in [5, 5.41) is 8.26. The molecule has 0 spiro atoms. The molecular weight excluding hydrogens is 551 g/mol. The van der Waals surface area contributed by atoms with Crippen LogP contribution < -0.4 is 16.0 Å². The Bertz CT molecular complexity index is 985. The Morgan fingerprint density at radius 1 is 1.08 bits per heavy atom. The molecule has 1 saturated heterocycles. The van der Waals surface area contributed by atoms with Crippen LogP contribution in [0.15, 0.2) is 24.3 Å². The van der Waals surface area contributed by atoms with Gasteiger partial charge in [0.05, 0.1) is 5.56 Å². The quantitative estimate of drug-likeness (QED) is 0.156. The number of Topliss-reactive ketones (excluding diaryl/α,β-unsaturated/α-hetero) is 1. The number of rotatable bonds is 15. The van der Waals surface area contributed by atoms with Crippen LogP contribution in [0.1, 0.15) is 70.4 Å². The molecule has 1 heterocycles. The van der Waals surface area contributed by atoms with E-state index in [2.05, 4.69) is 16.0 Å². The summed E-state index contributed by atoms with van der Waals surface area (Å²) in [5.41, 5.74) is -0.762. The smallest absolute Gasteiger partial charge is 0.350 e. The van der Waals surface area contributed by atoms with Crippen molar-refractivity contribution in [3.05, 3.63) is 35.4 Å². The van der Waals surface area contributed by atoms with E-state index in [9.17, 15) is 32.3 Å². The molecule has 3 N–H and O–H groups in total. The van der Waals surface area contributed by atoms with E-state index < -0.39 is 41.4 Å². The molecule has 0 radical (unpaired) electrons. The molecule has 3 amide bonds. The van der Waals surface area contributed by atoms with Gasteiger partial charge in [0.25, 0.3) is 5.91 Å². The summed E-state index contributed by atoms with van der Waals surface area (Å²) in [6.45, 7) is 5.54. The lowest BCUT2D eigenvalue weighted by molar-refractivity contribution is -0.140. The molecule has 3 atom stereocenters. The predicted molar refractivity (Wildman–Crippen MR) is 149 cm³/mol. The van der Waals surface area contributed by atoms with E-state index in [0.717, 1.165) is 30.7 Å². The van der Waals surface area contributed by atoms with Crippen LogP contribution in [0.2, 0.25) is 0 Å². The zero-order valence-corrected chi connectivity index (χ0v) is 24.2. The summed E-state index contributed by atoms with van der Waals surface area (Å²) in [6, 6.07) is 2.05. The van der Waals surface area contributed by atoms with Crippen LogP contribution in [-0.2, 0) is 31.8 Å². The van der Waals surface area contributed by atoms with Crippen molar-refractivity contribution in [2.24, 2.45) is 5.92 Å². The third kappa shape index (κ3) is 11.8. The monoisotopic (exact) mass is 589 g/mol. The molecule has 12 heteroatoms. The highest BCUT2D eigenvalue weighted by atomic mass is 33.1. The van der Waals surface area contributed by atoms with E-state index in [4.69, 9.17) is 0 Å². The van der Waals surface area contributed by atoms with Gasteiger partial charge in [-0.25, -0.2) is 0 Å². The van der Waals surface area contributed by atoms with Crippen molar-refractivity contribution in [2.45, 2.75) is 89.2 Å². The van der Waals surface area contributed by atoms with Crippen molar-refractivity contribution in [3.63, 3.8) is 0 Å². The number of carbonyl (C=O) groups excluding carboxylic acids is 4. The first-order valence-corrected chi connectivity index (χ1v) is 15.6. The third-order valence-corrected chi connectivity index (χ3v) is 9.16. The maximum absolute atomic E-state index is 13.2. The Labute approximate surface area is 236 Å². The molecule has 1 unspecified atom stereocenters. The molecule has 1 fully saturated rings. The van der Waals surface area contributed by atoms with E-state index in [1.807, 2.05) is 35.4 Å². The number of unbranched alkanes of at least 4 members (excludes halogenated alkanes) is 1. The molecule has 7 nitrogen and oxygen atoms in total. The number of hydrogen-bond donors (Lipinski definition) is 3. The minimum atomic E-state index is -4.58. The first kappa shape index (κ1) is 33.0. The van der Waals surface area contributed by atoms with E-state index >= 15 is 0 Å². The maximum Gasteiger partial charge on any atom is 0.416 e. The zero-order valence-electron chi connectivity index (χ0n) is 22.6. The van der Waals surface area contributed by atoms with E-state index in [-0.39, 0.29) is 36.8 Å². The minimum Gasteiger partial charge on any atom is -0.350 e. The van der Waals surface area contributed by atoms with Gasteiger partial charge in [0.15, 0.2) is 0 Å². The highest BCUT2D eigenvalue weighted by molar-refractivity contribution is 8.77. The normalized spacial score (nSPS) is 16.9. The van der Waals surface area contributed by atoms with Crippen molar-refractivity contribution in [1.29, 1.82) is 0 Å². The van der Waals surface area contributed by atoms with Crippen molar-refractivity contribution in [1.82, 2.24) is 16.0 Å². The maximum atomic E-state index is 13.2. The van der Waals surface area contributed by atoms with Crippen molar-refractivity contribution in [3.8, 4) is 0 Å². The Balaban J connectivity index is 2.09. The summed E-state index contributed by atoms with van der Waals surface area (Å²) < 4.78 is 39.6. The summed E-state index contributed by atoms with van der Waals surface area (Å²) >= 11 is 0. The number of amides is 3. The minimum absolute atomic E-state index is 0.0268. The number of nitrogens with one attached hydrogen (secondary N) is 3. The van der Waals surface area contributed by atoms with Crippen LogP contribution >= 0.6 is 21.6 Å². The van der Waals surface area contributed by atoms with E-state index in [1.165, 1.54) is 18.6 Å². The van der Waals surface area contributed by atoms with Crippen molar-refractivity contribution >= 4 is 45.1 Å². The summed E-state index contributed by atoms with van der Waals surface area (Å²) in [5.74, 6) is -1.68. The van der Waals surface area contributed by atoms with Gasteiger partial charge in [0.1, 0.15) is 12.1 Å². The van der Waals surface area contributed by atoms with Gasteiger partial charge in [-0.05, 0) is 50.2 Å². The Hall–Kier alpha value is -2.21. The van der Waals surface area contributed by atoms with Crippen LogP contribution in [-0.4, -0.2) is 53.1 Å². The van der Waals surface area contributed by atoms with Crippen LogP contribution in [0.3, 0.4) is 0 Å². The topological polar surface area (TPSA) is 104 Å². The molecular formula is C27H38F3N3O4S2. The van der Waals surface area contributed by atoms with Gasteiger partial charge in [0, 0.05) is 30.4 Å². The Kier molecular flexibility index (Phi) is 13.7. The molecule has 1 aromatic rings. The fourth-order valence-corrected chi connectivity index (χ4v) is 7.22. The van der Waals surface area contributed by atoms with Gasteiger partial charge in [-0.15, -0.1) is 0 Å². The Morgan fingerprint density at radius 3 is 2.44 bits per heavy atom. The number of hydrogen-bond acceptors (Lipinski definition) is 6. The van der Waals surface area contributed by atoms with Crippen molar-refractivity contribution < 1.29 is 32.3 Å². The van der Waals surface area contributed by atoms with Crippen LogP contribution in [0.25, 0.3) is 0 Å². The molecule has 0 aromatic heterocycles. The molecule has 218 valence electrons. The van der Waals surface area contributed by atoms with Crippen LogP contribution in [0.4, 0.5) is 13.2 Å². The molecule has 0 saturated carbocycles. The number of carbonyl (C=O) groups is 4. The molecule has 0 aliphatic carbocycles. The average Bonchev–Trinajstić information content (AvgIpc) is 3.38. The highest BCUT2D eigenvalue weighted by Crippen LogP contribution is 2.39. The standard InChI is InChI=1S/C27H38F3N3O4S2/c1-4-31-26(37)24(35)21(16-18-8-7-9-19(15-18)27(28,29)30)33-25(36)22(14-17(2)3)32-23(34)11-6-5-10-20-12-13-38-39-20/h7-9,15,17,20-22H,4-6,10-14,16H2,1-3H3,(H,31,37)(H,32,34)(H,33,36)/t20?,21-,22-/m0/s1. The first-order chi connectivity index (χ1) is 18.4. The van der Waals surface area contributed by atoms with Gasteiger partial charge >= 0.3 is 6.18 Å². The molecule has 1 aromatic carbocycles. The molecule has 1 aliphatic heterocycles. The summed E-state index contributed by atoms with van der Waals surface area (Å²) in [6.07, 6.45) is -0.526. The average molecular weight is 590 g/mol. The molecule has 39 heavy (non-hydrogen) atoms. The molecule has 2 rings (SSSR count). The lowest BCUT2D eigenvalue weighted by Crippen LogP contribution is -2.54. The first-order valence-electron chi connectivity index (χ1n) is 13.3. The zero-order chi connectivity index (χ0) is 29.0. The molecule has 1 aliphatic rings. The fraction of sp³-hybridized carbons (Fsp3) is 0.630. The molecule has 0 bridgehead atoms. The summed E-state index contributed by atoms with van der Waals surface area (Å²) in [4.78, 5) is 51.0. The van der Waals surface area contributed by atoms with Gasteiger partial charge in [-0.1, -0.05) is 60.1 Å². The largest absolute Gasteiger partial charge is 0.416 e. The van der Waals surface area contributed by atoms with Gasteiger partial charge in [0.2, 0.25) is 17.6 Å². The Morgan fingerprint density at radius 2 is 1.82 bits per heavy atom. The van der Waals surface area contributed by atoms with E-state index in [0.29, 0.717) is 18.1 Å². The lowest BCUT2D eigenvalue weighted by atomic mass is 9.98. The SMILES string of the molecule is CCNC(=O)C(=O)[C@H](Cc1cccc(C(F)(F)F)c1)NC(=O)[C@H](CC(C)C)NC(=O)CCCCC1CCSS1. The van der Waals surface area contributed by atoms with Crippen molar-refractivity contribution in [2.75, 3.05) is 12.3 Å². The number of benzene rings is 1. The van der Waals surface area contributed by atoms with Crippen LogP contribution in [0.5, 0.6) is 0 Å². The fourth-order valence-electron chi connectivity index (χ4n) is 4.19. The third-order valence-electron chi connectivity index (χ3n) is 6.15. The number of likely N-dealkylation sites (N-methyl/N-ethyl adjacent to an activating group) is 1. The second-order valence-electron chi connectivity index (χ2n) is 10.0. The predicted octanol–water partition coefficient (Wildman–Crippen LogP) is 4.68.